The zero-order valence-corrected chi connectivity index (χ0v) is 15.7. The van der Waals surface area contributed by atoms with Crippen LogP contribution in [0.15, 0.2) is 67.3 Å². The Hall–Kier alpha value is -2.95. The lowest BCUT2D eigenvalue weighted by Gasteiger charge is -2.32. The average Bonchev–Trinajstić information content (AvgIpc) is 2.67. The smallest absolute Gasteiger partial charge is 0.247 e. The lowest BCUT2D eigenvalue weighted by Crippen LogP contribution is -2.44. The van der Waals surface area contributed by atoms with E-state index in [4.69, 9.17) is 0 Å². The quantitative estimate of drug-likeness (QED) is 0.720. The third kappa shape index (κ3) is 5.51. The summed E-state index contributed by atoms with van der Waals surface area (Å²) in [7, 11) is 0. The second kappa shape index (κ2) is 9.67. The summed E-state index contributed by atoms with van der Waals surface area (Å²) in [6, 6.07) is 14.3. The highest BCUT2D eigenvalue weighted by Crippen LogP contribution is 2.25. The first-order valence-corrected chi connectivity index (χ1v) is 8.92. The van der Waals surface area contributed by atoms with Gasteiger partial charge in [0.25, 0.3) is 0 Å². The fourth-order valence-electron chi connectivity index (χ4n) is 2.79. The van der Waals surface area contributed by atoms with Gasteiger partial charge >= 0.3 is 0 Å². The molecule has 4 nitrogen and oxygen atoms in total. The van der Waals surface area contributed by atoms with E-state index in [0.29, 0.717) is 6.54 Å². The minimum atomic E-state index is -0.786. The number of hydrogen-bond acceptors (Lipinski definition) is 2. The third-order valence-corrected chi connectivity index (χ3v) is 4.14. The average molecular weight is 368 g/mol. The van der Waals surface area contributed by atoms with Crippen molar-refractivity contribution >= 4 is 11.8 Å². The van der Waals surface area contributed by atoms with Crippen LogP contribution in [0.4, 0.5) is 4.39 Å². The predicted octanol–water partition coefficient (Wildman–Crippen LogP) is 3.85. The van der Waals surface area contributed by atoms with E-state index < -0.39 is 6.04 Å². The van der Waals surface area contributed by atoms with E-state index in [1.54, 1.807) is 37.0 Å². The first-order chi connectivity index (χ1) is 12.9. The molecule has 2 rings (SSSR count). The molecule has 0 saturated heterocycles. The number of halogens is 1. The van der Waals surface area contributed by atoms with Gasteiger partial charge in [0.05, 0.1) is 0 Å². The van der Waals surface area contributed by atoms with Crippen LogP contribution < -0.4 is 5.32 Å². The summed E-state index contributed by atoms with van der Waals surface area (Å²) >= 11 is 0. The van der Waals surface area contributed by atoms with Crippen molar-refractivity contribution in [2.45, 2.75) is 26.4 Å². The molecule has 1 atom stereocenters. The largest absolute Gasteiger partial charge is 0.351 e. The molecule has 0 spiro atoms. The molecule has 0 aliphatic carbocycles. The van der Waals surface area contributed by atoms with E-state index in [1.165, 1.54) is 12.1 Å². The number of amides is 2. The molecule has 0 bridgehead atoms. The van der Waals surface area contributed by atoms with Crippen molar-refractivity contribution in [1.82, 2.24) is 10.2 Å². The van der Waals surface area contributed by atoms with E-state index in [-0.39, 0.29) is 30.1 Å². The van der Waals surface area contributed by atoms with Crippen LogP contribution in [0, 0.1) is 11.7 Å². The van der Waals surface area contributed by atoms with Crippen molar-refractivity contribution in [3.05, 3.63) is 84.2 Å². The number of nitrogens with one attached hydrogen (secondary N) is 1. The van der Waals surface area contributed by atoms with Gasteiger partial charge in [-0.25, -0.2) is 4.39 Å². The van der Waals surface area contributed by atoms with Crippen LogP contribution >= 0.6 is 0 Å². The minimum absolute atomic E-state index is 0.151. The molecule has 0 unspecified atom stereocenters. The van der Waals surface area contributed by atoms with Crippen LogP contribution in [-0.4, -0.2) is 23.3 Å². The Balaban J connectivity index is 2.44. The van der Waals surface area contributed by atoms with Crippen LogP contribution in [-0.2, 0) is 16.1 Å². The van der Waals surface area contributed by atoms with Crippen LogP contribution in [0.25, 0.3) is 0 Å². The summed E-state index contributed by atoms with van der Waals surface area (Å²) in [5.74, 6) is -1.06. The van der Waals surface area contributed by atoms with E-state index >= 15 is 0 Å². The Kier molecular flexibility index (Phi) is 7.29. The molecule has 2 aromatic carbocycles. The topological polar surface area (TPSA) is 49.4 Å². The second-order valence-corrected chi connectivity index (χ2v) is 6.59. The van der Waals surface area contributed by atoms with Gasteiger partial charge in [0.1, 0.15) is 11.9 Å². The van der Waals surface area contributed by atoms with Crippen LogP contribution in [0.3, 0.4) is 0 Å². The van der Waals surface area contributed by atoms with Gasteiger partial charge in [-0.15, -0.1) is 6.58 Å². The molecule has 0 radical (unpaired) electrons. The van der Waals surface area contributed by atoms with Gasteiger partial charge in [0.2, 0.25) is 11.8 Å². The normalized spacial score (nSPS) is 11.7. The molecule has 2 amide bonds. The number of carbonyl (C=O) groups is 2. The fourth-order valence-corrected chi connectivity index (χ4v) is 2.79. The van der Waals surface area contributed by atoms with Crippen molar-refractivity contribution in [2.24, 2.45) is 5.92 Å². The van der Waals surface area contributed by atoms with Gasteiger partial charge in [0.15, 0.2) is 0 Å². The molecular formula is C22H25FN2O2. The predicted molar refractivity (Wildman–Crippen MR) is 104 cm³/mol. The second-order valence-electron chi connectivity index (χ2n) is 6.59. The minimum Gasteiger partial charge on any atom is -0.351 e. The molecule has 0 saturated carbocycles. The summed E-state index contributed by atoms with van der Waals surface area (Å²) in [5, 5.41) is 2.79. The monoisotopic (exact) mass is 368 g/mol. The lowest BCUT2D eigenvalue weighted by atomic mass is 10.0. The van der Waals surface area contributed by atoms with Crippen molar-refractivity contribution in [2.75, 3.05) is 6.54 Å². The standard InChI is InChI=1S/C22H25FN2O2/c1-4-14-24-21(26)20(18-8-6-5-7-9-18)25(22(27)16(2)3)15-17-10-12-19(23)13-11-17/h4-13,16,20H,1,14-15H2,2-3H3,(H,24,26)/t20-/m1/s1. The number of carbonyl (C=O) groups excluding carboxylic acids is 2. The number of rotatable bonds is 8. The Morgan fingerprint density at radius 1 is 1.11 bits per heavy atom. The maximum atomic E-state index is 13.2. The Bertz CT molecular complexity index is 773. The van der Waals surface area contributed by atoms with Gasteiger partial charge in [0, 0.05) is 19.0 Å². The first kappa shape index (κ1) is 20.4. The molecule has 0 aliphatic heterocycles. The Morgan fingerprint density at radius 3 is 2.30 bits per heavy atom. The van der Waals surface area contributed by atoms with Crippen LogP contribution in [0.1, 0.15) is 31.0 Å². The molecule has 0 heterocycles. The summed E-state index contributed by atoms with van der Waals surface area (Å²) in [6.45, 7) is 7.72. The van der Waals surface area contributed by atoms with E-state index in [0.717, 1.165) is 11.1 Å². The summed E-state index contributed by atoms with van der Waals surface area (Å²) in [6.07, 6.45) is 1.59. The highest BCUT2D eigenvalue weighted by molar-refractivity contribution is 5.89. The molecular weight excluding hydrogens is 343 g/mol. The maximum Gasteiger partial charge on any atom is 0.247 e. The molecule has 5 heteroatoms. The van der Waals surface area contributed by atoms with Crippen molar-refractivity contribution in [3.8, 4) is 0 Å². The highest BCUT2D eigenvalue weighted by Gasteiger charge is 2.32. The van der Waals surface area contributed by atoms with Gasteiger partial charge in [-0.3, -0.25) is 9.59 Å². The zero-order chi connectivity index (χ0) is 19.8. The van der Waals surface area contributed by atoms with Crippen LogP contribution in [0.5, 0.6) is 0 Å². The van der Waals surface area contributed by atoms with Gasteiger partial charge < -0.3 is 10.2 Å². The van der Waals surface area contributed by atoms with Gasteiger partial charge in [-0.1, -0.05) is 62.4 Å². The van der Waals surface area contributed by atoms with Gasteiger partial charge in [-0.2, -0.15) is 0 Å². The molecule has 2 aromatic rings. The lowest BCUT2D eigenvalue weighted by molar-refractivity contribution is -0.144. The molecule has 0 aliphatic rings. The molecule has 0 fully saturated rings. The SMILES string of the molecule is C=CCNC(=O)[C@@H](c1ccccc1)N(Cc1ccc(F)cc1)C(=O)C(C)C. The van der Waals surface area contributed by atoms with E-state index in [2.05, 4.69) is 11.9 Å². The van der Waals surface area contributed by atoms with E-state index in [1.807, 2.05) is 30.3 Å². The maximum absolute atomic E-state index is 13.2. The first-order valence-electron chi connectivity index (χ1n) is 8.92. The van der Waals surface area contributed by atoms with Gasteiger partial charge in [-0.05, 0) is 23.3 Å². The van der Waals surface area contributed by atoms with Crippen molar-refractivity contribution in [1.29, 1.82) is 0 Å². The van der Waals surface area contributed by atoms with E-state index in [9.17, 15) is 14.0 Å². The summed E-state index contributed by atoms with van der Waals surface area (Å²) in [4.78, 5) is 27.4. The van der Waals surface area contributed by atoms with Crippen LogP contribution in [0.2, 0.25) is 0 Å². The summed E-state index contributed by atoms with van der Waals surface area (Å²) in [5.41, 5.74) is 1.47. The van der Waals surface area contributed by atoms with Crippen molar-refractivity contribution < 1.29 is 14.0 Å². The Morgan fingerprint density at radius 2 is 1.74 bits per heavy atom. The number of nitrogens with zero attached hydrogens (tertiary/aromatic N) is 1. The van der Waals surface area contributed by atoms with Crippen molar-refractivity contribution in [3.63, 3.8) is 0 Å². The third-order valence-electron chi connectivity index (χ3n) is 4.14. The molecule has 0 aromatic heterocycles. The molecule has 142 valence electrons. The zero-order valence-electron chi connectivity index (χ0n) is 15.7. The Labute approximate surface area is 159 Å². The number of hydrogen-bond donors (Lipinski definition) is 1. The number of benzene rings is 2. The molecule has 1 N–H and O–H groups in total. The summed E-state index contributed by atoms with van der Waals surface area (Å²) < 4.78 is 13.2. The molecule has 27 heavy (non-hydrogen) atoms. The fraction of sp³-hybridized carbons (Fsp3) is 0.273. The highest BCUT2D eigenvalue weighted by atomic mass is 19.1.